The molecule has 30 heavy (non-hydrogen) atoms. The van der Waals surface area contributed by atoms with Crippen LogP contribution >= 0.6 is 11.3 Å². The lowest BCUT2D eigenvalue weighted by Gasteiger charge is -2.16. The maximum atomic E-state index is 12.9. The van der Waals surface area contributed by atoms with Gasteiger partial charge in [-0.15, -0.1) is 0 Å². The lowest BCUT2D eigenvalue weighted by atomic mass is 10.1. The van der Waals surface area contributed by atoms with E-state index in [9.17, 15) is 13.2 Å². The summed E-state index contributed by atoms with van der Waals surface area (Å²) in [5, 5.41) is 0. The van der Waals surface area contributed by atoms with Crippen LogP contribution in [0.2, 0.25) is 0 Å². The quantitative estimate of drug-likeness (QED) is 0.536. The minimum Gasteiger partial charge on any atom is -0.493 e. The Bertz CT molecular complexity index is 1210. The van der Waals surface area contributed by atoms with Crippen LogP contribution in [0.5, 0.6) is 17.2 Å². The SMILES string of the molecule is CCCn1c(=O)sc2cc(S(=O)(=O)NCc3ccc(OC)c(OC)c3OC)ccc21. The van der Waals surface area contributed by atoms with Gasteiger partial charge in [0.05, 0.1) is 36.4 Å². The average molecular weight is 453 g/mol. The number of hydrogen-bond donors (Lipinski definition) is 1. The highest BCUT2D eigenvalue weighted by Gasteiger charge is 2.20. The third kappa shape index (κ3) is 4.16. The van der Waals surface area contributed by atoms with E-state index >= 15 is 0 Å². The molecule has 3 aromatic rings. The number of rotatable bonds is 9. The van der Waals surface area contributed by atoms with Crippen molar-refractivity contribution in [3.8, 4) is 17.2 Å². The van der Waals surface area contributed by atoms with Gasteiger partial charge in [-0.25, -0.2) is 13.1 Å². The number of thiazole rings is 1. The fourth-order valence-electron chi connectivity index (χ4n) is 3.21. The lowest BCUT2D eigenvalue weighted by Crippen LogP contribution is -2.23. The fourth-order valence-corrected chi connectivity index (χ4v) is 5.27. The van der Waals surface area contributed by atoms with Gasteiger partial charge in [-0.1, -0.05) is 24.3 Å². The normalized spacial score (nSPS) is 11.6. The molecule has 0 atom stereocenters. The fraction of sp³-hybridized carbons (Fsp3) is 0.350. The van der Waals surface area contributed by atoms with Gasteiger partial charge in [-0.3, -0.25) is 9.36 Å². The maximum absolute atomic E-state index is 12.9. The van der Waals surface area contributed by atoms with Crippen LogP contribution in [0.1, 0.15) is 18.9 Å². The molecule has 0 fully saturated rings. The minimum atomic E-state index is -3.81. The van der Waals surface area contributed by atoms with E-state index in [1.807, 2.05) is 6.92 Å². The standard InChI is InChI=1S/C20H24N2O6S2/c1-5-10-22-15-8-7-14(11-17(15)29-20(22)23)30(24,25)21-12-13-6-9-16(26-2)19(28-4)18(13)27-3/h6-9,11,21H,5,10,12H2,1-4H3. The van der Waals surface area contributed by atoms with E-state index in [1.54, 1.807) is 22.8 Å². The Kier molecular flexibility index (Phi) is 6.69. The number of ether oxygens (including phenoxy) is 3. The Labute approximate surface area is 179 Å². The molecule has 0 unspecified atom stereocenters. The second-order valence-electron chi connectivity index (χ2n) is 6.47. The van der Waals surface area contributed by atoms with Crippen molar-refractivity contribution < 1.29 is 22.6 Å². The summed E-state index contributed by atoms with van der Waals surface area (Å²) in [7, 11) is 0.668. The van der Waals surface area contributed by atoms with E-state index in [0.717, 1.165) is 23.3 Å². The van der Waals surface area contributed by atoms with Crippen LogP contribution < -0.4 is 23.8 Å². The zero-order valence-electron chi connectivity index (χ0n) is 17.2. The molecule has 0 aliphatic rings. The van der Waals surface area contributed by atoms with Crippen LogP contribution in [0, 0.1) is 0 Å². The number of benzene rings is 2. The van der Waals surface area contributed by atoms with Crippen molar-refractivity contribution in [1.82, 2.24) is 9.29 Å². The summed E-state index contributed by atoms with van der Waals surface area (Å²) in [5.74, 6) is 1.27. The molecule has 10 heteroatoms. The van der Waals surface area contributed by atoms with Crippen molar-refractivity contribution in [3.05, 3.63) is 45.6 Å². The smallest absolute Gasteiger partial charge is 0.308 e. The molecule has 0 saturated carbocycles. The third-order valence-corrected chi connectivity index (χ3v) is 6.98. The lowest BCUT2D eigenvalue weighted by molar-refractivity contribution is 0.322. The number of nitrogens with zero attached hydrogens (tertiary/aromatic N) is 1. The maximum Gasteiger partial charge on any atom is 0.308 e. The molecule has 2 aromatic carbocycles. The molecule has 1 heterocycles. The number of hydrogen-bond acceptors (Lipinski definition) is 7. The van der Waals surface area contributed by atoms with Crippen molar-refractivity contribution in [1.29, 1.82) is 0 Å². The van der Waals surface area contributed by atoms with Gasteiger partial charge in [0.15, 0.2) is 11.5 Å². The number of aryl methyl sites for hydroxylation is 1. The number of fused-ring (bicyclic) bond motifs is 1. The second-order valence-corrected chi connectivity index (χ2v) is 9.23. The van der Waals surface area contributed by atoms with Crippen molar-refractivity contribution in [2.75, 3.05) is 21.3 Å². The van der Waals surface area contributed by atoms with Gasteiger partial charge in [0, 0.05) is 18.7 Å². The molecule has 8 nitrogen and oxygen atoms in total. The zero-order valence-corrected chi connectivity index (χ0v) is 18.9. The number of aromatic nitrogens is 1. The van der Waals surface area contributed by atoms with Crippen LogP contribution in [-0.2, 0) is 23.1 Å². The van der Waals surface area contributed by atoms with Crippen LogP contribution in [0.15, 0.2) is 40.0 Å². The van der Waals surface area contributed by atoms with Crippen LogP contribution in [-0.4, -0.2) is 34.3 Å². The van der Waals surface area contributed by atoms with E-state index in [4.69, 9.17) is 14.2 Å². The van der Waals surface area contributed by atoms with Crippen molar-refractivity contribution in [2.24, 2.45) is 0 Å². The molecule has 0 aliphatic heterocycles. The summed E-state index contributed by atoms with van der Waals surface area (Å²) >= 11 is 1.04. The number of methoxy groups -OCH3 is 3. The average Bonchev–Trinajstić information content (AvgIpc) is 3.06. The van der Waals surface area contributed by atoms with Gasteiger partial charge in [0.2, 0.25) is 15.8 Å². The predicted octanol–water partition coefficient (Wildman–Crippen LogP) is 2.98. The summed E-state index contributed by atoms with van der Waals surface area (Å²) < 4.78 is 46.6. The highest BCUT2D eigenvalue weighted by Crippen LogP contribution is 2.39. The zero-order chi connectivity index (χ0) is 21.9. The summed E-state index contributed by atoms with van der Waals surface area (Å²) in [6.45, 7) is 2.58. The van der Waals surface area contributed by atoms with Crippen LogP contribution in [0.25, 0.3) is 10.2 Å². The predicted molar refractivity (Wildman–Crippen MR) is 116 cm³/mol. The molecule has 0 bridgehead atoms. The first-order chi connectivity index (χ1) is 14.4. The molecule has 0 radical (unpaired) electrons. The Morgan fingerprint density at radius 3 is 2.40 bits per heavy atom. The van der Waals surface area contributed by atoms with Crippen molar-refractivity contribution in [3.63, 3.8) is 0 Å². The van der Waals surface area contributed by atoms with Crippen LogP contribution in [0.3, 0.4) is 0 Å². The minimum absolute atomic E-state index is 0.00300. The molecular weight excluding hydrogens is 428 g/mol. The monoisotopic (exact) mass is 452 g/mol. The topological polar surface area (TPSA) is 95.9 Å². The number of sulfonamides is 1. The van der Waals surface area contributed by atoms with E-state index in [2.05, 4.69) is 4.72 Å². The molecule has 0 aliphatic carbocycles. The van der Waals surface area contributed by atoms with Gasteiger partial charge in [0.1, 0.15) is 0 Å². The first-order valence-electron chi connectivity index (χ1n) is 9.27. The van der Waals surface area contributed by atoms with Gasteiger partial charge < -0.3 is 14.2 Å². The summed E-state index contributed by atoms with van der Waals surface area (Å²) in [6.07, 6.45) is 0.820. The Balaban J connectivity index is 1.90. The van der Waals surface area contributed by atoms with E-state index in [1.165, 1.54) is 33.5 Å². The molecule has 0 amide bonds. The van der Waals surface area contributed by atoms with E-state index in [-0.39, 0.29) is 16.3 Å². The molecular formula is C20H24N2O6S2. The van der Waals surface area contributed by atoms with Gasteiger partial charge in [0.25, 0.3) is 0 Å². The van der Waals surface area contributed by atoms with Crippen LogP contribution in [0.4, 0.5) is 0 Å². The highest BCUT2D eigenvalue weighted by molar-refractivity contribution is 7.89. The molecule has 162 valence electrons. The van der Waals surface area contributed by atoms with Gasteiger partial charge in [-0.2, -0.15) is 0 Å². The molecule has 3 rings (SSSR count). The van der Waals surface area contributed by atoms with Crippen molar-refractivity contribution >= 4 is 31.6 Å². The van der Waals surface area contributed by atoms with E-state index in [0.29, 0.717) is 34.1 Å². The van der Waals surface area contributed by atoms with E-state index < -0.39 is 10.0 Å². The third-order valence-electron chi connectivity index (χ3n) is 4.64. The van der Waals surface area contributed by atoms with Gasteiger partial charge >= 0.3 is 4.87 Å². The molecule has 0 saturated heterocycles. The largest absolute Gasteiger partial charge is 0.493 e. The molecule has 1 N–H and O–H groups in total. The highest BCUT2D eigenvalue weighted by atomic mass is 32.2. The Morgan fingerprint density at radius 2 is 1.77 bits per heavy atom. The molecule has 0 spiro atoms. The van der Waals surface area contributed by atoms with Gasteiger partial charge in [-0.05, 0) is 30.7 Å². The first kappa shape index (κ1) is 22.1. The summed E-state index contributed by atoms with van der Waals surface area (Å²) in [4.78, 5) is 12.2. The Morgan fingerprint density at radius 1 is 1.03 bits per heavy atom. The summed E-state index contributed by atoms with van der Waals surface area (Å²) in [5.41, 5.74) is 1.34. The molecule has 1 aromatic heterocycles. The summed E-state index contributed by atoms with van der Waals surface area (Å²) in [6, 6.07) is 8.11. The van der Waals surface area contributed by atoms with Crippen molar-refractivity contribution in [2.45, 2.75) is 31.3 Å². The first-order valence-corrected chi connectivity index (χ1v) is 11.6. The Hall–Kier alpha value is -2.56. The number of nitrogens with one attached hydrogen (secondary N) is 1. The second kappa shape index (κ2) is 9.07.